The zero-order valence-corrected chi connectivity index (χ0v) is 25.1. The highest BCUT2D eigenvalue weighted by Crippen LogP contribution is 2.39. The van der Waals surface area contributed by atoms with Gasteiger partial charge in [-0.15, -0.1) is 0 Å². The summed E-state index contributed by atoms with van der Waals surface area (Å²) in [6, 6.07) is 7.25. The Morgan fingerprint density at radius 2 is 1.16 bits per heavy atom. The molecule has 1 aliphatic heterocycles. The highest BCUT2D eigenvalue weighted by Gasteiger charge is 2.47. The summed E-state index contributed by atoms with van der Waals surface area (Å²) < 4.78 is 28.4. The summed E-state index contributed by atoms with van der Waals surface area (Å²) in [6.45, 7) is 6.44. The number of rotatable bonds is 21. The first kappa shape index (κ1) is 32.5. The summed E-state index contributed by atoms with van der Waals surface area (Å²) in [5.41, 5.74) is 0.688. The van der Waals surface area contributed by atoms with Gasteiger partial charge in [-0.05, 0) is 44.2 Å². The van der Waals surface area contributed by atoms with Crippen molar-refractivity contribution >= 4 is 21.9 Å². The van der Waals surface area contributed by atoms with E-state index in [1.54, 1.807) is 17.0 Å². The van der Waals surface area contributed by atoms with E-state index >= 15 is 0 Å². The lowest BCUT2D eigenvalue weighted by molar-refractivity contribution is 0.0334. The molecule has 0 N–H and O–H groups in total. The highest BCUT2D eigenvalue weighted by molar-refractivity contribution is 7.86. The second-order valence-corrected chi connectivity index (χ2v) is 12.7. The molecule has 0 saturated carbocycles. The first-order valence-corrected chi connectivity index (χ1v) is 16.9. The van der Waals surface area contributed by atoms with E-state index in [1.807, 2.05) is 12.1 Å². The van der Waals surface area contributed by atoms with Crippen LogP contribution in [0.15, 0.2) is 24.3 Å². The molecule has 1 aromatic rings. The number of nitrogens with zero attached hydrogens (tertiary/aromatic N) is 1. The maximum atomic E-state index is 13.5. The van der Waals surface area contributed by atoms with Gasteiger partial charge in [0.25, 0.3) is 21.9 Å². The van der Waals surface area contributed by atoms with Crippen molar-refractivity contribution in [1.29, 1.82) is 0 Å². The fourth-order valence-corrected chi connectivity index (χ4v) is 6.48. The Hall–Kier alpha value is -1.73. The van der Waals surface area contributed by atoms with Gasteiger partial charge in [0.05, 0.1) is 29.0 Å². The SMILES string of the molecule is CCCCC(CCCCCCCCC(CCCC)(CCCC)N1C(=O)c2ccccc2C1=O)OS(C)(=O)=O. The molecule has 2 rings (SSSR count). The molecule has 0 saturated heterocycles. The summed E-state index contributed by atoms with van der Waals surface area (Å²) in [7, 11) is -3.42. The van der Waals surface area contributed by atoms with Crippen LogP contribution in [-0.2, 0) is 14.3 Å². The van der Waals surface area contributed by atoms with Crippen LogP contribution in [0.2, 0.25) is 0 Å². The molecule has 2 amide bonds. The van der Waals surface area contributed by atoms with Crippen LogP contribution in [0.5, 0.6) is 0 Å². The van der Waals surface area contributed by atoms with Crippen molar-refractivity contribution in [2.24, 2.45) is 0 Å². The number of carbonyl (C=O) groups excluding carboxylic acids is 2. The van der Waals surface area contributed by atoms with E-state index in [9.17, 15) is 18.0 Å². The smallest absolute Gasteiger partial charge is 0.264 e. The number of unbranched alkanes of at least 4 members (excludes halogenated alkanes) is 8. The summed E-state index contributed by atoms with van der Waals surface area (Å²) in [6.07, 6.45) is 17.5. The van der Waals surface area contributed by atoms with E-state index in [1.165, 1.54) is 0 Å². The van der Waals surface area contributed by atoms with Crippen molar-refractivity contribution in [3.8, 4) is 0 Å². The lowest BCUT2D eigenvalue weighted by Crippen LogP contribution is -2.52. The molecule has 216 valence electrons. The average Bonchev–Trinajstić information content (AvgIpc) is 3.14. The van der Waals surface area contributed by atoms with Gasteiger partial charge in [0.1, 0.15) is 0 Å². The molecular weight excluding hydrogens is 498 g/mol. The second-order valence-electron chi connectivity index (χ2n) is 11.1. The minimum Gasteiger partial charge on any atom is -0.269 e. The third-order valence-electron chi connectivity index (χ3n) is 7.87. The number of imide groups is 1. The van der Waals surface area contributed by atoms with Crippen LogP contribution in [-0.4, -0.2) is 43.0 Å². The molecule has 0 fully saturated rings. The molecule has 0 spiro atoms. The van der Waals surface area contributed by atoms with Crippen LogP contribution in [0.1, 0.15) is 151 Å². The van der Waals surface area contributed by atoms with E-state index in [2.05, 4.69) is 20.8 Å². The minimum absolute atomic E-state index is 0.119. The Labute approximate surface area is 232 Å². The van der Waals surface area contributed by atoms with Gasteiger partial charge in [-0.1, -0.05) is 110 Å². The van der Waals surface area contributed by atoms with Crippen LogP contribution < -0.4 is 0 Å². The zero-order valence-electron chi connectivity index (χ0n) is 24.3. The van der Waals surface area contributed by atoms with E-state index in [0.29, 0.717) is 11.1 Å². The van der Waals surface area contributed by atoms with Gasteiger partial charge in [-0.25, -0.2) is 0 Å². The Balaban J connectivity index is 1.92. The summed E-state index contributed by atoms with van der Waals surface area (Å²) >= 11 is 0. The predicted molar refractivity (Wildman–Crippen MR) is 155 cm³/mol. The summed E-state index contributed by atoms with van der Waals surface area (Å²) in [5, 5.41) is 0. The fraction of sp³-hybridized carbons (Fsp3) is 0.742. The van der Waals surface area contributed by atoms with Crippen molar-refractivity contribution in [3.63, 3.8) is 0 Å². The maximum absolute atomic E-state index is 13.5. The number of hydrogen-bond acceptors (Lipinski definition) is 5. The Kier molecular flexibility index (Phi) is 14.0. The summed E-state index contributed by atoms with van der Waals surface area (Å²) in [4.78, 5) is 28.5. The van der Waals surface area contributed by atoms with Gasteiger partial charge in [-0.2, -0.15) is 8.42 Å². The van der Waals surface area contributed by atoms with Gasteiger partial charge in [0.2, 0.25) is 0 Å². The molecule has 0 aliphatic carbocycles. The molecule has 1 unspecified atom stereocenters. The van der Waals surface area contributed by atoms with Crippen molar-refractivity contribution in [2.75, 3.05) is 6.26 Å². The predicted octanol–water partition coefficient (Wildman–Crippen LogP) is 8.06. The largest absolute Gasteiger partial charge is 0.269 e. The molecule has 7 heteroatoms. The molecule has 1 heterocycles. The van der Waals surface area contributed by atoms with Crippen molar-refractivity contribution in [3.05, 3.63) is 35.4 Å². The van der Waals surface area contributed by atoms with Crippen molar-refractivity contribution in [2.45, 2.75) is 142 Å². The molecule has 1 atom stereocenters. The molecule has 6 nitrogen and oxygen atoms in total. The standard InChI is InChI=1S/C31H51NO5S/c1-5-8-19-26(37-38(4,35)36)20-15-13-11-12-14-18-25-31(23-9-6-2,24-10-7-3)32-29(33)27-21-16-17-22-28(27)30(32)34/h16-17,21-22,26H,5-15,18-20,23-25H2,1-4H3. The van der Waals surface area contributed by atoms with Crippen molar-refractivity contribution < 1.29 is 22.2 Å². The third kappa shape index (κ3) is 9.78. The molecule has 0 bridgehead atoms. The molecule has 1 aromatic carbocycles. The Morgan fingerprint density at radius 1 is 0.711 bits per heavy atom. The molecule has 38 heavy (non-hydrogen) atoms. The normalized spacial score (nSPS) is 14.8. The molecule has 0 radical (unpaired) electrons. The van der Waals surface area contributed by atoms with E-state index in [-0.39, 0.29) is 17.9 Å². The molecule has 0 aromatic heterocycles. The first-order chi connectivity index (χ1) is 18.2. The molecular formula is C31H51NO5S. The van der Waals surface area contributed by atoms with Crippen LogP contribution >= 0.6 is 0 Å². The lowest BCUT2D eigenvalue weighted by atomic mass is 9.80. The van der Waals surface area contributed by atoms with Gasteiger partial charge in [0, 0.05) is 0 Å². The fourth-order valence-electron chi connectivity index (χ4n) is 5.79. The van der Waals surface area contributed by atoms with Crippen LogP contribution in [0, 0.1) is 0 Å². The number of hydrogen-bond donors (Lipinski definition) is 0. The van der Waals surface area contributed by atoms with Crippen molar-refractivity contribution in [1.82, 2.24) is 4.90 Å². The molecule has 1 aliphatic rings. The number of benzene rings is 1. The number of amides is 2. The van der Waals surface area contributed by atoms with E-state index < -0.39 is 15.7 Å². The number of fused-ring (bicyclic) bond motifs is 1. The topological polar surface area (TPSA) is 80.8 Å². The minimum atomic E-state index is -3.42. The third-order valence-corrected chi connectivity index (χ3v) is 8.49. The zero-order chi connectivity index (χ0) is 28.0. The van der Waals surface area contributed by atoms with Crippen LogP contribution in [0.3, 0.4) is 0 Å². The highest BCUT2D eigenvalue weighted by atomic mass is 32.2. The Morgan fingerprint density at radius 3 is 1.66 bits per heavy atom. The van der Waals surface area contributed by atoms with Gasteiger partial charge < -0.3 is 0 Å². The number of carbonyl (C=O) groups is 2. The average molecular weight is 550 g/mol. The van der Waals surface area contributed by atoms with Gasteiger partial charge in [0.15, 0.2) is 0 Å². The second kappa shape index (κ2) is 16.4. The van der Waals surface area contributed by atoms with Crippen LogP contribution in [0.25, 0.3) is 0 Å². The maximum Gasteiger partial charge on any atom is 0.264 e. The summed E-state index contributed by atoms with van der Waals surface area (Å²) in [5.74, 6) is -0.238. The van der Waals surface area contributed by atoms with E-state index in [4.69, 9.17) is 4.18 Å². The first-order valence-electron chi connectivity index (χ1n) is 15.0. The Bertz CT molecular complexity index is 931. The van der Waals surface area contributed by atoms with Gasteiger partial charge >= 0.3 is 0 Å². The monoisotopic (exact) mass is 549 g/mol. The van der Waals surface area contributed by atoms with E-state index in [0.717, 1.165) is 115 Å². The quantitative estimate of drug-likeness (QED) is 0.0880. The lowest BCUT2D eigenvalue weighted by Gasteiger charge is -2.41. The van der Waals surface area contributed by atoms with Crippen LogP contribution in [0.4, 0.5) is 0 Å². The van der Waals surface area contributed by atoms with Gasteiger partial charge in [-0.3, -0.25) is 18.7 Å².